The minimum atomic E-state index is -1.16. The Labute approximate surface area is 73.4 Å². The molecule has 0 atom stereocenters. The summed E-state index contributed by atoms with van der Waals surface area (Å²) in [5.41, 5.74) is 4.89. The lowest BCUT2D eigenvalue weighted by Gasteiger charge is -2.01. The number of hydrogen-bond donors (Lipinski definition) is 3. The monoisotopic (exact) mass is 187 g/mol. The number of nitrogens with two attached hydrogens (primary N) is 1. The second-order valence-electron chi connectivity index (χ2n) is 2.20. The van der Waals surface area contributed by atoms with Crippen LogP contribution in [-0.2, 0) is 0 Å². The number of hydrogen-bond acceptors (Lipinski definition) is 3. The van der Waals surface area contributed by atoms with Crippen molar-refractivity contribution in [1.29, 1.82) is 0 Å². The number of anilines is 1. The molecule has 0 aliphatic heterocycles. The molecule has 1 aromatic carbocycles. The normalized spacial score (nSPS) is 9.83. The Hall–Kier alpha value is -1.23. The second-order valence-corrected chi connectivity index (χ2v) is 2.69. The molecule has 0 saturated carbocycles. The first kappa shape index (κ1) is 8.86. The number of carboxylic acids is 1. The van der Waals surface area contributed by atoms with Crippen LogP contribution in [0, 0.1) is 5.82 Å². The molecule has 0 aromatic heterocycles. The van der Waals surface area contributed by atoms with Gasteiger partial charge in [-0.2, -0.15) is 0 Å². The molecule has 5 heteroatoms. The molecule has 12 heavy (non-hydrogen) atoms. The van der Waals surface area contributed by atoms with Crippen molar-refractivity contribution in [1.82, 2.24) is 0 Å². The first-order chi connectivity index (χ1) is 5.52. The van der Waals surface area contributed by atoms with Crippen molar-refractivity contribution in [2.24, 2.45) is 0 Å². The van der Waals surface area contributed by atoms with Gasteiger partial charge in [0, 0.05) is 4.90 Å². The van der Waals surface area contributed by atoms with E-state index in [9.17, 15) is 9.18 Å². The number of halogens is 1. The minimum absolute atomic E-state index is 0.0626. The Morgan fingerprint density at radius 3 is 2.58 bits per heavy atom. The van der Waals surface area contributed by atoms with Gasteiger partial charge in [0.05, 0.1) is 11.3 Å². The van der Waals surface area contributed by atoms with E-state index in [-0.39, 0.29) is 16.1 Å². The van der Waals surface area contributed by atoms with Crippen molar-refractivity contribution in [3.05, 3.63) is 23.5 Å². The van der Waals surface area contributed by atoms with E-state index in [0.717, 1.165) is 12.1 Å². The van der Waals surface area contributed by atoms with E-state index in [1.54, 1.807) is 0 Å². The smallest absolute Gasteiger partial charge is 0.335 e. The molecule has 0 bridgehead atoms. The Morgan fingerprint density at radius 1 is 1.58 bits per heavy atom. The number of rotatable bonds is 1. The van der Waals surface area contributed by atoms with Crippen molar-refractivity contribution in [3.8, 4) is 0 Å². The van der Waals surface area contributed by atoms with Crippen LogP contribution >= 0.6 is 12.6 Å². The molecule has 0 saturated heterocycles. The van der Waals surface area contributed by atoms with Crippen molar-refractivity contribution in [2.45, 2.75) is 4.90 Å². The number of nitrogen functional groups attached to an aromatic ring is 1. The molecule has 0 spiro atoms. The van der Waals surface area contributed by atoms with Crippen LogP contribution in [0.3, 0.4) is 0 Å². The molecule has 0 aliphatic rings. The van der Waals surface area contributed by atoms with Crippen molar-refractivity contribution in [3.63, 3.8) is 0 Å². The maximum Gasteiger partial charge on any atom is 0.335 e. The zero-order chi connectivity index (χ0) is 9.30. The third-order valence-corrected chi connectivity index (χ3v) is 1.65. The van der Waals surface area contributed by atoms with Crippen LogP contribution in [0.15, 0.2) is 17.0 Å². The highest BCUT2D eigenvalue weighted by molar-refractivity contribution is 7.80. The van der Waals surface area contributed by atoms with Gasteiger partial charge in [-0.25, -0.2) is 9.18 Å². The number of aromatic carboxylic acids is 1. The van der Waals surface area contributed by atoms with E-state index in [1.807, 2.05) is 0 Å². The third kappa shape index (κ3) is 1.50. The molecule has 64 valence electrons. The van der Waals surface area contributed by atoms with Crippen LogP contribution in [0.2, 0.25) is 0 Å². The van der Waals surface area contributed by atoms with E-state index >= 15 is 0 Å². The van der Waals surface area contributed by atoms with Gasteiger partial charge in [0.25, 0.3) is 0 Å². The second kappa shape index (κ2) is 3.02. The maximum atomic E-state index is 12.8. The van der Waals surface area contributed by atoms with Crippen LogP contribution in [0.25, 0.3) is 0 Å². The summed E-state index contributed by atoms with van der Waals surface area (Å²) in [6, 6.07) is 2.16. The Bertz CT molecular complexity index is 317. The first-order valence-corrected chi connectivity index (χ1v) is 3.48. The fraction of sp³-hybridized carbons (Fsp3) is 0. The molecular formula is C7H6FNO2S. The predicted molar refractivity (Wildman–Crippen MR) is 45.0 cm³/mol. The Kier molecular flexibility index (Phi) is 2.23. The van der Waals surface area contributed by atoms with Crippen LogP contribution in [0.5, 0.6) is 0 Å². The van der Waals surface area contributed by atoms with Crippen LogP contribution in [0.4, 0.5) is 10.1 Å². The lowest BCUT2D eigenvalue weighted by molar-refractivity contribution is 0.0696. The topological polar surface area (TPSA) is 63.3 Å². The van der Waals surface area contributed by atoms with Gasteiger partial charge in [-0.05, 0) is 12.1 Å². The molecule has 3 N–H and O–H groups in total. The summed E-state index contributed by atoms with van der Waals surface area (Å²) in [5, 5.41) is 8.51. The number of benzene rings is 1. The first-order valence-electron chi connectivity index (χ1n) is 3.03. The maximum absolute atomic E-state index is 12.8. The molecule has 0 amide bonds. The van der Waals surface area contributed by atoms with Gasteiger partial charge in [-0.15, -0.1) is 12.6 Å². The predicted octanol–water partition coefficient (Wildman–Crippen LogP) is 1.39. The van der Waals surface area contributed by atoms with E-state index in [2.05, 4.69) is 12.6 Å². The summed E-state index contributed by atoms with van der Waals surface area (Å²) >= 11 is 3.71. The SMILES string of the molecule is Nc1cc(C(=O)O)cc(S)c1F. The average Bonchev–Trinajstić information content (AvgIpc) is 1.99. The summed E-state index contributed by atoms with van der Waals surface area (Å²) in [4.78, 5) is 10.3. The quantitative estimate of drug-likeness (QED) is 0.460. The lowest BCUT2D eigenvalue weighted by atomic mass is 10.2. The largest absolute Gasteiger partial charge is 0.478 e. The summed E-state index contributed by atoms with van der Waals surface area (Å²) in [6.45, 7) is 0. The summed E-state index contributed by atoms with van der Waals surface area (Å²) in [5.74, 6) is -1.85. The summed E-state index contributed by atoms with van der Waals surface area (Å²) in [6.07, 6.45) is 0. The van der Waals surface area contributed by atoms with Crippen LogP contribution in [-0.4, -0.2) is 11.1 Å². The van der Waals surface area contributed by atoms with Crippen molar-refractivity contribution in [2.75, 3.05) is 5.73 Å². The van der Waals surface area contributed by atoms with Gasteiger partial charge < -0.3 is 10.8 Å². The fourth-order valence-electron chi connectivity index (χ4n) is 0.755. The van der Waals surface area contributed by atoms with Crippen LogP contribution in [0.1, 0.15) is 10.4 Å². The standard InChI is InChI=1S/C7H6FNO2S/c8-6-4(9)1-3(7(10)11)2-5(6)12/h1-2,12H,9H2,(H,10,11). The van der Waals surface area contributed by atoms with E-state index in [0.29, 0.717) is 0 Å². The van der Waals surface area contributed by atoms with E-state index in [4.69, 9.17) is 10.8 Å². The molecule has 0 unspecified atom stereocenters. The molecule has 1 aromatic rings. The molecule has 0 heterocycles. The Balaban J connectivity index is 3.31. The molecule has 0 aliphatic carbocycles. The van der Waals surface area contributed by atoms with Gasteiger partial charge in [-0.1, -0.05) is 0 Å². The zero-order valence-corrected chi connectivity index (χ0v) is 6.81. The van der Waals surface area contributed by atoms with Gasteiger partial charge >= 0.3 is 5.97 Å². The van der Waals surface area contributed by atoms with Crippen molar-refractivity contribution < 1.29 is 14.3 Å². The fourth-order valence-corrected chi connectivity index (χ4v) is 1.02. The zero-order valence-electron chi connectivity index (χ0n) is 5.91. The van der Waals surface area contributed by atoms with E-state index < -0.39 is 11.8 Å². The van der Waals surface area contributed by atoms with Crippen molar-refractivity contribution >= 4 is 24.3 Å². The highest BCUT2D eigenvalue weighted by atomic mass is 32.1. The van der Waals surface area contributed by atoms with Gasteiger partial charge in [0.1, 0.15) is 0 Å². The van der Waals surface area contributed by atoms with Gasteiger partial charge in [-0.3, -0.25) is 0 Å². The molecule has 0 radical (unpaired) electrons. The molecular weight excluding hydrogens is 181 g/mol. The summed E-state index contributed by atoms with van der Waals surface area (Å²) in [7, 11) is 0. The number of carbonyl (C=O) groups is 1. The lowest BCUT2D eigenvalue weighted by Crippen LogP contribution is -2.00. The molecule has 3 nitrogen and oxygen atoms in total. The highest BCUT2D eigenvalue weighted by Gasteiger charge is 2.09. The number of thiol groups is 1. The van der Waals surface area contributed by atoms with Gasteiger partial charge in [0.2, 0.25) is 0 Å². The highest BCUT2D eigenvalue weighted by Crippen LogP contribution is 2.20. The summed E-state index contributed by atoms with van der Waals surface area (Å²) < 4.78 is 12.8. The average molecular weight is 187 g/mol. The molecule has 1 rings (SSSR count). The number of carboxylic acid groups (broad SMARTS) is 1. The van der Waals surface area contributed by atoms with E-state index in [1.165, 1.54) is 0 Å². The molecule has 0 fully saturated rings. The van der Waals surface area contributed by atoms with Crippen LogP contribution < -0.4 is 5.73 Å². The van der Waals surface area contributed by atoms with Gasteiger partial charge in [0.15, 0.2) is 5.82 Å². The Morgan fingerprint density at radius 2 is 2.17 bits per heavy atom. The third-order valence-electron chi connectivity index (χ3n) is 1.33. The minimum Gasteiger partial charge on any atom is -0.478 e.